The van der Waals surface area contributed by atoms with E-state index >= 15 is 0 Å². The summed E-state index contributed by atoms with van der Waals surface area (Å²) >= 11 is 1.89. The fourth-order valence-corrected chi connectivity index (χ4v) is 11.5. The van der Waals surface area contributed by atoms with Crippen molar-refractivity contribution in [2.24, 2.45) is 0 Å². The van der Waals surface area contributed by atoms with Crippen molar-refractivity contribution in [3.8, 4) is 11.1 Å². The van der Waals surface area contributed by atoms with Crippen molar-refractivity contribution in [1.82, 2.24) is 0 Å². The van der Waals surface area contributed by atoms with Crippen LogP contribution in [0.5, 0.6) is 0 Å². The molecule has 0 amide bonds. The molecule has 3 heteroatoms. The molecule has 0 N–H and O–H groups in total. The molecule has 0 bridgehead atoms. The highest BCUT2D eigenvalue weighted by atomic mass is 32.2. The molecule has 0 saturated carbocycles. The van der Waals surface area contributed by atoms with Crippen molar-refractivity contribution in [1.29, 1.82) is 0 Å². The number of benzene rings is 10. The van der Waals surface area contributed by atoms with Crippen LogP contribution in [0.1, 0.15) is 33.4 Å². The molecule has 12 rings (SSSR count). The molecule has 0 saturated heterocycles. The molecule has 0 atom stereocenters. The molecule has 1 aliphatic carbocycles. The summed E-state index contributed by atoms with van der Waals surface area (Å²) in [5.41, 5.74) is 16.6. The summed E-state index contributed by atoms with van der Waals surface area (Å²) in [4.78, 5) is 7.39. The van der Waals surface area contributed by atoms with Crippen LogP contribution in [0.3, 0.4) is 0 Å². The van der Waals surface area contributed by atoms with Crippen molar-refractivity contribution in [2.75, 3.05) is 9.80 Å². The van der Waals surface area contributed by atoms with E-state index < -0.39 is 5.41 Å². The van der Waals surface area contributed by atoms with Crippen LogP contribution in [0, 0.1) is 13.8 Å². The number of anilines is 6. The molecule has 0 fully saturated rings. The molecule has 2 aliphatic rings. The molecule has 1 aliphatic heterocycles. The van der Waals surface area contributed by atoms with Gasteiger partial charge in [-0.1, -0.05) is 156 Å². The Morgan fingerprint density at radius 1 is 0.339 bits per heavy atom. The van der Waals surface area contributed by atoms with Gasteiger partial charge in [0.1, 0.15) is 0 Å². The Kier molecular flexibility index (Phi) is 8.48. The first-order valence-electron chi connectivity index (χ1n) is 21.4. The Morgan fingerprint density at radius 2 is 0.790 bits per heavy atom. The molecule has 294 valence electrons. The van der Waals surface area contributed by atoms with Gasteiger partial charge in [-0.2, -0.15) is 0 Å². The van der Waals surface area contributed by atoms with Crippen molar-refractivity contribution in [3.05, 3.63) is 252 Å². The van der Waals surface area contributed by atoms with Gasteiger partial charge < -0.3 is 9.80 Å². The normalized spacial score (nSPS) is 13.1. The lowest BCUT2D eigenvalue weighted by Gasteiger charge is -2.40. The second kappa shape index (κ2) is 14.4. The van der Waals surface area contributed by atoms with Gasteiger partial charge in [-0.15, -0.1) is 0 Å². The van der Waals surface area contributed by atoms with E-state index in [0.717, 1.165) is 34.1 Å². The van der Waals surface area contributed by atoms with Gasteiger partial charge in [0.25, 0.3) is 0 Å². The van der Waals surface area contributed by atoms with Crippen LogP contribution in [-0.4, -0.2) is 0 Å². The number of nitrogens with zero attached hydrogens (tertiary/aromatic N) is 2. The van der Waals surface area contributed by atoms with Gasteiger partial charge in [0.05, 0.1) is 5.41 Å². The quantitative estimate of drug-likeness (QED) is 0.155. The second-order valence-corrected chi connectivity index (χ2v) is 17.7. The minimum atomic E-state index is -0.603. The largest absolute Gasteiger partial charge is 0.310 e. The number of rotatable bonds is 6. The van der Waals surface area contributed by atoms with E-state index in [1.54, 1.807) is 0 Å². The molecule has 0 aromatic heterocycles. The van der Waals surface area contributed by atoms with Crippen LogP contribution in [0.15, 0.2) is 228 Å². The number of hydrogen-bond acceptors (Lipinski definition) is 3. The fourth-order valence-electron chi connectivity index (χ4n) is 10.3. The highest BCUT2D eigenvalue weighted by molar-refractivity contribution is 7.99. The summed E-state index contributed by atoms with van der Waals surface area (Å²) in [6.07, 6.45) is 0. The molecule has 10 aromatic carbocycles. The van der Waals surface area contributed by atoms with Gasteiger partial charge in [0.15, 0.2) is 0 Å². The lowest BCUT2D eigenvalue weighted by Crippen LogP contribution is -2.32. The Hall–Kier alpha value is -7.33. The first kappa shape index (κ1) is 36.5. The van der Waals surface area contributed by atoms with Crippen molar-refractivity contribution >= 4 is 67.4 Å². The van der Waals surface area contributed by atoms with Gasteiger partial charge in [0, 0.05) is 43.9 Å². The van der Waals surface area contributed by atoms with Gasteiger partial charge in [-0.3, -0.25) is 0 Å². The van der Waals surface area contributed by atoms with Crippen molar-refractivity contribution in [3.63, 3.8) is 0 Å². The number of fused-ring (bicyclic) bond motifs is 14. The Balaban J connectivity index is 1.20. The third kappa shape index (κ3) is 5.52. The maximum Gasteiger partial charge on any atom is 0.0742 e. The first-order chi connectivity index (χ1) is 30.6. The summed E-state index contributed by atoms with van der Waals surface area (Å²) in [5, 5.41) is 5.04. The number of para-hydroxylation sites is 2. The van der Waals surface area contributed by atoms with E-state index in [0.29, 0.717) is 0 Å². The van der Waals surface area contributed by atoms with E-state index in [2.05, 4.69) is 242 Å². The van der Waals surface area contributed by atoms with Gasteiger partial charge in [0.2, 0.25) is 0 Å². The SMILES string of the molecule is Cc1ccc(N(c2ccccc2)c2ccc3c(c2)C2(c4ccccc4Sc4ccccc42)c2c-3c3ccccc3c3cc(N(c4ccccc4)c4ccc(C)cc4)ccc23)cc1. The minimum absolute atomic E-state index is 0.603. The minimum Gasteiger partial charge on any atom is -0.310 e. The summed E-state index contributed by atoms with van der Waals surface area (Å²) in [5.74, 6) is 0. The smallest absolute Gasteiger partial charge is 0.0742 e. The number of hydrogen-bond donors (Lipinski definition) is 0. The van der Waals surface area contributed by atoms with Crippen LogP contribution in [0.4, 0.5) is 34.1 Å². The standard InChI is InChI=1S/C59H42N2S/c1-39-25-29-43(30-26-39)60(41-15-5-3-6-16-41)45-33-35-49-51(37-45)47-19-9-10-20-48(47)57-50-36-34-46(61(42-17-7-4-8-18-42)44-31-27-40(2)28-32-44)38-54(50)59(58(49)57)52-21-11-13-23-55(52)62-56-24-14-12-22-53(56)59/h3-38H,1-2H3. The molecule has 2 nitrogen and oxygen atoms in total. The fraction of sp³-hybridized carbons (Fsp3) is 0.0508. The lowest BCUT2D eigenvalue weighted by molar-refractivity contribution is 0.728. The van der Waals surface area contributed by atoms with Gasteiger partial charge >= 0.3 is 0 Å². The van der Waals surface area contributed by atoms with E-state index in [1.165, 1.54) is 75.8 Å². The number of aryl methyl sites for hydroxylation is 2. The van der Waals surface area contributed by atoms with Gasteiger partial charge in [-0.05, 0) is 154 Å². The lowest BCUT2D eigenvalue weighted by atomic mass is 9.66. The summed E-state index contributed by atoms with van der Waals surface area (Å²) in [7, 11) is 0. The topological polar surface area (TPSA) is 6.48 Å². The third-order valence-corrected chi connectivity index (χ3v) is 14.1. The Morgan fingerprint density at radius 3 is 1.37 bits per heavy atom. The van der Waals surface area contributed by atoms with Crippen molar-refractivity contribution < 1.29 is 0 Å². The van der Waals surface area contributed by atoms with Crippen molar-refractivity contribution in [2.45, 2.75) is 29.1 Å². The van der Waals surface area contributed by atoms with Crippen LogP contribution in [0.2, 0.25) is 0 Å². The zero-order chi connectivity index (χ0) is 41.4. The Labute approximate surface area is 367 Å². The van der Waals surface area contributed by atoms with Crippen LogP contribution < -0.4 is 9.80 Å². The van der Waals surface area contributed by atoms with E-state index in [-0.39, 0.29) is 0 Å². The van der Waals surface area contributed by atoms with E-state index in [4.69, 9.17) is 0 Å². The predicted molar refractivity (Wildman–Crippen MR) is 262 cm³/mol. The zero-order valence-corrected chi connectivity index (χ0v) is 35.4. The van der Waals surface area contributed by atoms with Crippen LogP contribution in [0.25, 0.3) is 32.7 Å². The van der Waals surface area contributed by atoms with Crippen LogP contribution in [-0.2, 0) is 5.41 Å². The molecule has 1 heterocycles. The maximum atomic E-state index is 2.51. The summed E-state index contributed by atoms with van der Waals surface area (Å²) in [6.45, 7) is 4.31. The molecule has 0 radical (unpaired) electrons. The third-order valence-electron chi connectivity index (χ3n) is 13.0. The molecule has 0 unspecified atom stereocenters. The summed E-state index contributed by atoms with van der Waals surface area (Å²) in [6, 6.07) is 81.2. The average Bonchev–Trinajstić information content (AvgIpc) is 3.62. The highest BCUT2D eigenvalue weighted by Gasteiger charge is 2.52. The molecular weight excluding hydrogens is 769 g/mol. The zero-order valence-electron chi connectivity index (χ0n) is 34.6. The monoisotopic (exact) mass is 810 g/mol. The molecule has 10 aromatic rings. The van der Waals surface area contributed by atoms with Gasteiger partial charge in [-0.25, -0.2) is 0 Å². The Bertz CT molecular complexity index is 3290. The molecule has 62 heavy (non-hydrogen) atoms. The maximum absolute atomic E-state index is 2.51. The predicted octanol–water partition coefficient (Wildman–Crippen LogP) is 16.4. The highest BCUT2D eigenvalue weighted by Crippen LogP contribution is 2.65. The van der Waals surface area contributed by atoms with E-state index in [9.17, 15) is 0 Å². The first-order valence-corrected chi connectivity index (χ1v) is 22.2. The average molecular weight is 811 g/mol. The van der Waals surface area contributed by atoms with Crippen LogP contribution >= 0.6 is 11.8 Å². The molecular formula is C59H42N2S. The molecule has 1 spiro atoms. The summed E-state index contributed by atoms with van der Waals surface area (Å²) < 4.78 is 0. The van der Waals surface area contributed by atoms with E-state index in [1.807, 2.05) is 11.8 Å². The second-order valence-electron chi connectivity index (χ2n) is 16.6.